The molecule has 0 aliphatic carbocycles. The summed E-state index contributed by atoms with van der Waals surface area (Å²) in [5, 5.41) is 0.558. The summed E-state index contributed by atoms with van der Waals surface area (Å²) < 4.78 is 0. The Hall–Kier alpha value is -0.540. The van der Waals surface area contributed by atoms with E-state index in [4.69, 9.17) is 23.2 Å². The molecule has 0 radical (unpaired) electrons. The van der Waals surface area contributed by atoms with Crippen LogP contribution in [-0.2, 0) is 0 Å². The summed E-state index contributed by atoms with van der Waals surface area (Å²) >= 11 is 11.3. The van der Waals surface area contributed by atoms with Crippen LogP contribution in [0.3, 0.4) is 0 Å². The molecule has 0 atom stereocenters. The van der Waals surface area contributed by atoms with Crippen molar-refractivity contribution in [1.29, 1.82) is 0 Å². The van der Waals surface area contributed by atoms with E-state index in [2.05, 4.69) is 21.8 Å². The minimum Gasteiger partial charge on any atom is -0.341 e. The molecule has 1 aromatic heterocycles. The molecular formula is C9H13Cl2N3. The van der Waals surface area contributed by atoms with Gasteiger partial charge in [-0.15, -0.1) is 11.6 Å². The summed E-state index contributed by atoms with van der Waals surface area (Å²) in [5.41, 5.74) is 0. The van der Waals surface area contributed by atoms with Crippen LogP contribution in [0, 0.1) is 0 Å². The zero-order valence-electron chi connectivity index (χ0n) is 8.08. The van der Waals surface area contributed by atoms with Crippen molar-refractivity contribution < 1.29 is 0 Å². The van der Waals surface area contributed by atoms with Crippen molar-refractivity contribution in [2.45, 2.75) is 13.3 Å². The van der Waals surface area contributed by atoms with Crippen molar-refractivity contribution in [3.63, 3.8) is 0 Å². The second kappa shape index (κ2) is 6.04. The smallest absolute Gasteiger partial charge is 0.225 e. The van der Waals surface area contributed by atoms with Crippen LogP contribution in [0.15, 0.2) is 12.4 Å². The van der Waals surface area contributed by atoms with Crippen LogP contribution in [0.5, 0.6) is 0 Å². The van der Waals surface area contributed by atoms with E-state index in [0.717, 1.165) is 19.5 Å². The lowest BCUT2D eigenvalue weighted by Crippen LogP contribution is -2.26. The van der Waals surface area contributed by atoms with Crippen molar-refractivity contribution in [3.8, 4) is 0 Å². The SMILES string of the molecule is CCN(CCCCl)c1ncc(Cl)cn1. The van der Waals surface area contributed by atoms with Gasteiger partial charge in [0.1, 0.15) is 0 Å². The Labute approximate surface area is 94.1 Å². The third-order valence-corrected chi connectivity index (χ3v) is 2.30. The van der Waals surface area contributed by atoms with E-state index in [1.54, 1.807) is 12.4 Å². The predicted octanol–water partition coefficient (Wildman–Crippen LogP) is 2.59. The molecule has 0 N–H and O–H groups in total. The highest BCUT2D eigenvalue weighted by molar-refractivity contribution is 6.30. The topological polar surface area (TPSA) is 29.0 Å². The van der Waals surface area contributed by atoms with Crippen molar-refractivity contribution in [1.82, 2.24) is 9.97 Å². The van der Waals surface area contributed by atoms with E-state index in [-0.39, 0.29) is 0 Å². The Bertz CT molecular complexity index is 263. The van der Waals surface area contributed by atoms with Crippen molar-refractivity contribution in [2.24, 2.45) is 0 Å². The van der Waals surface area contributed by atoms with Gasteiger partial charge in [-0.1, -0.05) is 11.6 Å². The molecule has 0 saturated heterocycles. The van der Waals surface area contributed by atoms with Gasteiger partial charge in [-0.25, -0.2) is 9.97 Å². The summed E-state index contributed by atoms with van der Waals surface area (Å²) in [6.07, 6.45) is 4.14. The van der Waals surface area contributed by atoms with Gasteiger partial charge in [0.05, 0.1) is 17.4 Å². The highest BCUT2D eigenvalue weighted by Gasteiger charge is 2.05. The van der Waals surface area contributed by atoms with E-state index in [1.165, 1.54) is 0 Å². The van der Waals surface area contributed by atoms with Gasteiger partial charge >= 0.3 is 0 Å². The third kappa shape index (κ3) is 3.31. The van der Waals surface area contributed by atoms with Gasteiger partial charge in [0, 0.05) is 19.0 Å². The van der Waals surface area contributed by atoms with E-state index in [0.29, 0.717) is 16.9 Å². The number of nitrogens with zero attached hydrogens (tertiary/aromatic N) is 3. The maximum Gasteiger partial charge on any atom is 0.225 e. The van der Waals surface area contributed by atoms with Gasteiger partial charge in [0.2, 0.25) is 5.95 Å². The zero-order chi connectivity index (χ0) is 10.4. The average molecular weight is 234 g/mol. The average Bonchev–Trinajstić information content (AvgIpc) is 2.21. The number of anilines is 1. The molecule has 0 aliphatic heterocycles. The van der Waals surface area contributed by atoms with Gasteiger partial charge < -0.3 is 4.90 Å². The molecule has 78 valence electrons. The number of alkyl halides is 1. The molecule has 0 aliphatic rings. The van der Waals surface area contributed by atoms with Crippen LogP contribution < -0.4 is 4.90 Å². The first-order valence-corrected chi connectivity index (χ1v) is 5.47. The van der Waals surface area contributed by atoms with Crippen LogP contribution in [0.4, 0.5) is 5.95 Å². The first-order chi connectivity index (χ1) is 6.77. The number of aromatic nitrogens is 2. The molecule has 3 nitrogen and oxygen atoms in total. The third-order valence-electron chi connectivity index (χ3n) is 1.83. The maximum absolute atomic E-state index is 5.70. The normalized spacial score (nSPS) is 10.2. The molecule has 0 unspecified atom stereocenters. The van der Waals surface area contributed by atoms with Crippen molar-refractivity contribution in [3.05, 3.63) is 17.4 Å². The number of hydrogen-bond donors (Lipinski definition) is 0. The molecule has 0 spiro atoms. The molecule has 0 bridgehead atoms. The molecule has 1 rings (SSSR count). The second-order valence-electron chi connectivity index (χ2n) is 2.82. The van der Waals surface area contributed by atoms with Gasteiger partial charge in [-0.3, -0.25) is 0 Å². The largest absolute Gasteiger partial charge is 0.341 e. The van der Waals surface area contributed by atoms with Crippen molar-refractivity contribution in [2.75, 3.05) is 23.9 Å². The molecule has 0 amide bonds. The van der Waals surface area contributed by atoms with E-state index in [1.807, 2.05) is 0 Å². The van der Waals surface area contributed by atoms with Gasteiger partial charge in [0.15, 0.2) is 0 Å². The molecule has 5 heteroatoms. The summed E-state index contributed by atoms with van der Waals surface area (Å²) in [6, 6.07) is 0. The van der Waals surface area contributed by atoms with E-state index < -0.39 is 0 Å². The Kier molecular flexibility index (Phi) is 4.98. The standard InChI is InChI=1S/C9H13Cl2N3/c1-2-14(5-3-4-10)9-12-6-8(11)7-13-9/h6-7H,2-5H2,1H3. The highest BCUT2D eigenvalue weighted by atomic mass is 35.5. The Balaban J connectivity index is 2.64. The predicted molar refractivity (Wildman–Crippen MR) is 60.3 cm³/mol. The van der Waals surface area contributed by atoms with E-state index >= 15 is 0 Å². The summed E-state index contributed by atoms with van der Waals surface area (Å²) in [4.78, 5) is 10.4. The van der Waals surface area contributed by atoms with E-state index in [9.17, 15) is 0 Å². The van der Waals surface area contributed by atoms with Crippen molar-refractivity contribution >= 4 is 29.2 Å². The fraction of sp³-hybridized carbons (Fsp3) is 0.556. The molecule has 0 aromatic carbocycles. The van der Waals surface area contributed by atoms with Crippen LogP contribution >= 0.6 is 23.2 Å². The molecule has 1 heterocycles. The minimum atomic E-state index is 0.558. The van der Waals surface area contributed by atoms with Gasteiger partial charge in [-0.05, 0) is 13.3 Å². The van der Waals surface area contributed by atoms with Crippen LogP contribution in [0.1, 0.15) is 13.3 Å². The highest BCUT2D eigenvalue weighted by Crippen LogP contribution is 2.10. The van der Waals surface area contributed by atoms with Crippen LogP contribution in [-0.4, -0.2) is 28.9 Å². The monoisotopic (exact) mass is 233 g/mol. The molecule has 0 saturated carbocycles. The molecule has 0 fully saturated rings. The van der Waals surface area contributed by atoms with Crippen LogP contribution in [0.25, 0.3) is 0 Å². The Morgan fingerprint density at radius 2 is 2.00 bits per heavy atom. The number of rotatable bonds is 5. The quantitative estimate of drug-likeness (QED) is 0.733. The maximum atomic E-state index is 5.70. The molecular weight excluding hydrogens is 221 g/mol. The fourth-order valence-corrected chi connectivity index (χ4v) is 1.34. The zero-order valence-corrected chi connectivity index (χ0v) is 9.59. The fourth-order valence-electron chi connectivity index (χ4n) is 1.12. The lowest BCUT2D eigenvalue weighted by Gasteiger charge is -2.19. The molecule has 1 aromatic rings. The van der Waals surface area contributed by atoms with Crippen LogP contribution in [0.2, 0.25) is 5.02 Å². The second-order valence-corrected chi connectivity index (χ2v) is 3.64. The lowest BCUT2D eigenvalue weighted by molar-refractivity contribution is 0.765. The lowest BCUT2D eigenvalue weighted by atomic mass is 10.4. The first-order valence-electron chi connectivity index (χ1n) is 4.56. The molecule has 14 heavy (non-hydrogen) atoms. The number of halogens is 2. The van der Waals surface area contributed by atoms with Gasteiger partial charge in [-0.2, -0.15) is 0 Å². The minimum absolute atomic E-state index is 0.558. The summed E-state index contributed by atoms with van der Waals surface area (Å²) in [5.74, 6) is 1.37. The Morgan fingerprint density at radius 1 is 1.36 bits per heavy atom. The van der Waals surface area contributed by atoms with Gasteiger partial charge in [0.25, 0.3) is 0 Å². The number of hydrogen-bond acceptors (Lipinski definition) is 3. The summed E-state index contributed by atoms with van der Waals surface area (Å²) in [6.45, 7) is 3.81. The first kappa shape index (κ1) is 11.5. The Morgan fingerprint density at radius 3 is 2.50 bits per heavy atom. The summed E-state index contributed by atoms with van der Waals surface area (Å²) in [7, 11) is 0.